The molecular formula is C144H260. The van der Waals surface area contributed by atoms with Crippen LogP contribution in [-0.2, 0) is 0 Å². The van der Waals surface area contributed by atoms with Crippen molar-refractivity contribution in [3.05, 3.63) is 117 Å². The molecule has 14 saturated carbocycles. The highest BCUT2D eigenvalue weighted by Crippen LogP contribution is 2.60. The lowest BCUT2D eigenvalue weighted by molar-refractivity contribution is 0.248. The van der Waals surface area contributed by atoms with Crippen molar-refractivity contribution in [3.63, 3.8) is 0 Å². The molecule has 19 rings (SSSR count). The molecule has 0 N–H and O–H groups in total. The summed E-state index contributed by atoms with van der Waals surface area (Å²) in [6.45, 7) is 122. The molecule has 0 radical (unpaired) electrons. The van der Waals surface area contributed by atoms with Crippen molar-refractivity contribution in [2.45, 2.75) is 514 Å². The molecule has 0 aliphatic heterocycles. The minimum absolute atomic E-state index is 0.397. The van der Waals surface area contributed by atoms with E-state index in [0.29, 0.717) is 21.7 Å². The smallest absolute Gasteiger partial charge is 0.0103 e. The molecule has 14 fully saturated rings. The number of hydrogen-bond acceptors (Lipinski definition) is 0. The van der Waals surface area contributed by atoms with Gasteiger partial charge >= 0.3 is 0 Å². The predicted octanol–water partition coefficient (Wildman–Crippen LogP) is 46.0. The van der Waals surface area contributed by atoms with Gasteiger partial charge in [-0.2, -0.15) is 0 Å². The SMILES string of the molecule is CC(C)(C)CC1CCC2C=C3CCCC3=CC21.CC(C)C.CC(C)C.CC(C)C.CC(C)CC1CCC2C=C3CCCC3=CC21.CC1C(C)C(C)C(C)C1C.CC1C(C)C(C)C(C)C1C.CC1C(C)C(C)C(C)C1C.CC1C(C)C(C)C(C)C1C.CC1C(C)C(C)C(C)C1C.CC1CCC2C=C3C(=CC12)C(C)(C)CCC3(C)C.CC1CCC2C=C3CC(C)(C)CC3=CC12.CC1CCC2C=CC=CC12.CCC.CCC. The second kappa shape index (κ2) is 59.9. The zero-order chi connectivity index (χ0) is 109. The van der Waals surface area contributed by atoms with E-state index in [0.717, 1.165) is 260 Å². The lowest BCUT2D eigenvalue weighted by Crippen LogP contribution is -2.35. The summed E-state index contributed by atoms with van der Waals surface area (Å²) in [5.74, 6) is 40.2. The Balaban J connectivity index is 0.000000278. The Labute approximate surface area is 907 Å². The topological polar surface area (TPSA) is 0 Å². The maximum Gasteiger partial charge on any atom is -0.0103 e. The highest BCUT2D eigenvalue weighted by molar-refractivity contribution is 5.47. The first-order valence-corrected chi connectivity index (χ1v) is 63.9. The molecule has 0 heteroatoms. The van der Waals surface area contributed by atoms with Gasteiger partial charge in [0, 0.05) is 0 Å². The van der Waals surface area contributed by atoms with E-state index in [9.17, 15) is 0 Å². The van der Waals surface area contributed by atoms with Gasteiger partial charge in [0.1, 0.15) is 0 Å². The molecule has 0 aromatic carbocycles. The zero-order valence-electron chi connectivity index (χ0n) is 107. The summed E-state index contributed by atoms with van der Waals surface area (Å²) in [5.41, 5.74) is 15.4. The van der Waals surface area contributed by atoms with Crippen LogP contribution in [0.3, 0.4) is 0 Å². The fourth-order valence-electron chi connectivity index (χ4n) is 30.9. The van der Waals surface area contributed by atoms with E-state index in [1.165, 1.54) is 154 Å². The average Bonchev–Trinajstić information content (AvgIpc) is 1.37. The third kappa shape index (κ3) is 37.3. The summed E-state index contributed by atoms with van der Waals surface area (Å²) >= 11 is 0. The molecule has 19 aliphatic rings. The fourth-order valence-corrected chi connectivity index (χ4v) is 30.9. The Kier molecular flexibility index (Phi) is 54.9. The molecule has 0 saturated heterocycles. The van der Waals surface area contributed by atoms with Gasteiger partial charge in [-0.1, -0.05) is 446 Å². The molecule has 15 unspecified atom stereocenters. The van der Waals surface area contributed by atoms with Crippen LogP contribution >= 0.6 is 0 Å². The molecule has 0 aromatic rings. The van der Waals surface area contributed by atoms with E-state index in [1.807, 2.05) is 0 Å². The standard InChI is InChI=1S/C18H28.C17H26.C16H24.C15H22.C10H14.5C10H20.3C4H10.2C3H8/c1-12-6-7-13-10-15-16(11-14(12)13)18(4,5)9-8-17(15,2)3;1-17(2,3)11-15-8-7-14-9-12-5-4-6-13(12)10-16(14)15;1-11(2)8-14-6-7-15-9-12-4-3-5-13(12)10-16(14)15;1-10-4-5-11-6-12-8-15(2,3)9-13(12)7-14(10)11;1-8-6-7-9-4-2-3-5-10(8)9;5*1-6-7(2)9(4)10(5)8(6)3;3*1-4(2)3;2*1-3-2/h10-14H,6-9H2,1-5H3;9-10,14-16H,4-8,11H2,1-3H3;9-11,14-16H,3-8H2,1-2H3;6-7,10-11,14H,4-5,8-9H2,1-3H3;2-5,8-10H,6-7H2,1H3;5*6-10H,1-5H3;3*4H,1-3H3;2*3H2,1-2H3. The van der Waals surface area contributed by atoms with Gasteiger partial charge in [0.05, 0.1) is 0 Å². The molecule has 19 aliphatic carbocycles. The van der Waals surface area contributed by atoms with E-state index in [2.05, 4.69) is 433 Å². The third-order valence-electron chi connectivity index (χ3n) is 44.0. The van der Waals surface area contributed by atoms with Gasteiger partial charge in [0.15, 0.2) is 0 Å². The zero-order valence-corrected chi connectivity index (χ0v) is 107. The van der Waals surface area contributed by atoms with E-state index in [4.69, 9.17) is 0 Å². The predicted molar refractivity (Wildman–Crippen MR) is 652 cm³/mol. The van der Waals surface area contributed by atoms with Crippen LogP contribution in [0.15, 0.2) is 117 Å². The number of hydrogen-bond donors (Lipinski definition) is 0. The number of fused-ring (bicyclic) bond motifs is 9. The first-order valence-electron chi connectivity index (χ1n) is 63.9. The van der Waals surface area contributed by atoms with Crippen LogP contribution in [-0.4, -0.2) is 0 Å². The maximum atomic E-state index is 2.68. The van der Waals surface area contributed by atoms with Gasteiger partial charge in [-0.15, -0.1) is 0 Å². The Hall–Kier alpha value is -2.60. The number of allylic oxidation sites excluding steroid dienone is 20. The molecule has 0 amide bonds. The van der Waals surface area contributed by atoms with Crippen LogP contribution in [0.1, 0.15) is 514 Å². The summed E-state index contributed by atoms with van der Waals surface area (Å²) < 4.78 is 0. The molecule has 0 aromatic heterocycles. The summed E-state index contributed by atoms with van der Waals surface area (Å²) in [6, 6.07) is 0. The summed E-state index contributed by atoms with van der Waals surface area (Å²) in [5, 5.41) is 0. The molecule has 0 heterocycles. The Morgan fingerprint density at radius 3 is 0.778 bits per heavy atom. The molecule has 144 heavy (non-hydrogen) atoms. The molecule has 0 bridgehead atoms. The van der Waals surface area contributed by atoms with Crippen molar-refractivity contribution < 1.29 is 0 Å². The van der Waals surface area contributed by atoms with Crippen molar-refractivity contribution in [2.24, 2.45) is 282 Å². The van der Waals surface area contributed by atoms with Gasteiger partial charge in [-0.05, 0) is 468 Å². The summed E-state index contributed by atoms with van der Waals surface area (Å²) in [4.78, 5) is 0. The quantitative estimate of drug-likeness (QED) is 0.264. The lowest BCUT2D eigenvalue weighted by atomic mass is 9.57. The van der Waals surface area contributed by atoms with E-state index >= 15 is 0 Å². The number of rotatable bonds is 3. The highest BCUT2D eigenvalue weighted by atomic mass is 14.5. The maximum absolute atomic E-state index is 2.68. The minimum Gasteiger partial charge on any atom is -0.0808 e. The van der Waals surface area contributed by atoms with Crippen LogP contribution in [0.5, 0.6) is 0 Å². The molecule has 15 atom stereocenters. The average molecular weight is 1990 g/mol. The van der Waals surface area contributed by atoms with Crippen LogP contribution in [0.2, 0.25) is 0 Å². The second-order valence-corrected chi connectivity index (χ2v) is 60.6. The van der Waals surface area contributed by atoms with Crippen molar-refractivity contribution in [3.8, 4) is 0 Å². The second-order valence-electron chi connectivity index (χ2n) is 60.6. The molecule has 0 nitrogen and oxygen atoms in total. The van der Waals surface area contributed by atoms with Gasteiger partial charge < -0.3 is 0 Å². The van der Waals surface area contributed by atoms with E-state index in [1.54, 1.807) is 44.6 Å². The van der Waals surface area contributed by atoms with Crippen LogP contribution < -0.4 is 0 Å². The molecule has 836 valence electrons. The van der Waals surface area contributed by atoms with Crippen molar-refractivity contribution >= 4 is 0 Å². The van der Waals surface area contributed by atoms with Crippen molar-refractivity contribution in [1.29, 1.82) is 0 Å². The largest absolute Gasteiger partial charge is 0.0808 e. The molecule has 0 spiro atoms. The summed E-state index contributed by atoms with van der Waals surface area (Å²) in [7, 11) is 0. The van der Waals surface area contributed by atoms with Crippen LogP contribution in [0.4, 0.5) is 0 Å². The van der Waals surface area contributed by atoms with Gasteiger partial charge in [0.25, 0.3) is 0 Å². The van der Waals surface area contributed by atoms with Gasteiger partial charge in [-0.3, -0.25) is 0 Å². The van der Waals surface area contributed by atoms with Crippen molar-refractivity contribution in [2.75, 3.05) is 0 Å². The van der Waals surface area contributed by atoms with E-state index in [-0.39, 0.29) is 0 Å². The first kappa shape index (κ1) is 132. The van der Waals surface area contributed by atoms with Gasteiger partial charge in [-0.25, -0.2) is 0 Å². The summed E-state index contributed by atoms with van der Waals surface area (Å²) in [6.07, 6.45) is 63.7. The van der Waals surface area contributed by atoms with Crippen LogP contribution in [0, 0.1) is 282 Å². The lowest BCUT2D eigenvalue weighted by Gasteiger charge is -2.47. The third-order valence-corrected chi connectivity index (χ3v) is 44.0. The fraction of sp³-hybridized carbons (Fsp3) is 0.861. The Bertz CT molecular complexity index is 3550. The Morgan fingerprint density at radius 2 is 0.479 bits per heavy atom. The van der Waals surface area contributed by atoms with Crippen LogP contribution in [0.25, 0.3) is 0 Å². The minimum atomic E-state index is 0.397. The molecular weight excluding hydrogens is 1730 g/mol. The first-order chi connectivity index (χ1) is 66.8. The highest BCUT2D eigenvalue weighted by Gasteiger charge is 2.49. The van der Waals surface area contributed by atoms with Gasteiger partial charge in [0.2, 0.25) is 0 Å². The van der Waals surface area contributed by atoms with E-state index < -0.39 is 0 Å². The monoisotopic (exact) mass is 1990 g/mol. The normalized spacial score (nSPS) is 41.2. The Morgan fingerprint density at radius 1 is 0.257 bits per heavy atom. The van der Waals surface area contributed by atoms with Crippen molar-refractivity contribution in [1.82, 2.24) is 0 Å².